The highest BCUT2D eigenvalue weighted by Gasteiger charge is 2.19. The summed E-state index contributed by atoms with van der Waals surface area (Å²) in [4.78, 5) is 16.7. The molecule has 0 saturated carbocycles. The number of hydrogen-bond acceptors (Lipinski definition) is 5. The summed E-state index contributed by atoms with van der Waals surface area (Å²) in [6, 6.07) is 22.0. The molecular formula is C29H29BrN2O2S. The van der Waals surface area contributed by atoms with E-state index in [0.717, 1.165) is 10.2 Å². The minimum absolute atomic E-state index is 0.0492. The molecule has 0 amide bonds. The zero-order valence-corrected chi connectivity index (χ0v) is 22.0. The molecule has 0 fully saturated rings. The van der Waals surface area contributed by atoms with Crippen LogP contribution in [0, 0.1) is 0 Å². The molecule has 1 aliphatic rings. The van der Waals surface area contributed by atoms with Crippen molar-refractivity contribution in [1.29, 1.82) is 0 Å². The molecule has 1 heterocycles. The predicted molar refractivity (Wildman–Crippen MR) is 149 cm³/mol. The highest BCUT2D eigenvalue weighted by Crippen LogP contribution is 2.40. The fourth-order valence-electron chi connectivity index (χ4n) is 4.72. The summed E-state index contributed by atoms with van der Waals surface area (Å²) in [6.07, 6.45) is 4.91. The maximum atomic E-state index is 13.1. The van der Waals surface area contributed by atoms with E-state index in [1.807, 2.05) is 41.7 Å². The molecule has 0 aliphatic heterocycles. The van der Waals surface area contributed by atoms with Crippen molar-refractivity contribution >= 4 is 48.8 Å². The predicted octanol–water partition coefficient (Wildman–Crippen LogP) is 6.89. The lowest BCUT2D eigenvalue weighted by molar-refractivity contribution is 0.0913. The van der Waals surface area contributed by atoms with E-state index in [4.69, 9.17) is 10.5 Å². The first-order chi connectivity index (χ1) is 17.1. The number of ether oxygens (including phenoxy) is 1. The summed E-state index contributed by atoms with van der Waals surface area (Å²) in [5.41, 5.74) is 9.89. The molecule has 1 aromatic heterocycles. The maximum absolute atomic E-state index is 13.1. The molecule has 3 aromatic carbocycles. The summed E-state index contributed by atoms with van der Waals surface area (Å²) in [6.45, 7) is 2.15. The maximum Gasteiger partial charge on any atom is 0.176 e. The Kier molecular flexibility index (Phi) is 7.51. The molecule has 0 bridgehead atoms. The normalized spacial score (nSPS) is 13.2. The molecule has 0 spiro atoms. The summed E-state index contributed by atoms with van der Waals surface area (Å²) in [5, 5.41) is 1.35. The van der Waals surface area contributed by atoms with Gasteiger partial charge in [0.15, 0.2) is 5.78 Å². The highest BCUT2D eigenvalue weighted by atomic mass is 79.9. The van der Waals surface area contributed by atoms with Crippen molar-refractivity contribution < 1.29 is 9.53 Å². The van der Waals surface area contributed by atoms with E-state index in [-0.39, 0.29) is 5.78 Å². The van der Waals surface area contributed by atoms with Crippen LogP contribution in [0.4, 0.5) is 5.69 Å². The fraction of sp³-hybridized carbons (Fsp3) is 0.276. The van der Waals surface area contributed by atoms with Crippen LogP contribution < -0.4 is 10.5 Å². The largest absolute Gasteiger partial charge is 0.491 e. The van der Waals surface area contributed by atoms with Gasteiger partial charge in [-0.15, -0.1) is 11.3 Å². The number of Topliss-reactive ketones (excluding diaryl/α,β-unsaturated/α-hetero) is 1. The fourth-order valence-corrected chi connectivity index (χ4v) is 6.33. The van der Waals surface area contributed by atoms with E-state index >= 15 is 0 Å². The number of nitrogen functional groups attached to an aromatic ring is 1. The van der Waals surface area contributed by atoms with Gasteiger partial charge in [-0.3, -0.25) is 9.69 Å². The van der Waals surface area contributed by atoms with Crippen LogP contribution in [0.15, 0.2) is 71.2 Å². The van der Waals surface area contributed by atoms with Crippen LogP contribution in [0.25, 0.3) is 10.1 Å². The summed E-state index contributed by atoms with van der Waals surface area (Å²) >= 11 is 5.29. The number of anilines is 1. The molecule has 0 radical (unpaired) electrons. The van der Waals surface area contributed by atoms with Gasteiger partial charge >= 0.3 is 0 Å². The summed E-state index contributed by atoms with van der Waals surface area (Å²) in [5.74, 6) is 1.00. The Morgan fingerprint density at radius 2 is 1.86 bits per heavy atom. The number of nitrogens with two attached hydrogens (primary N) is 1. The number of aryl methyl sites for hydroxylation is 2. The Labute approximate surface area is 218 Å². The van der Waals surface area contributed by atoms with Crippen LogP contribution in [-0.2, 0) is 19.4 Å². The number of ketones is 1. The van der Waals surface area contributed by atoms with Crippen molar-refractivity contribution in [1.82, 2.24) is 4.90 Å². The van der Waals surface area contributed by atoms with E-state index in [1.165, 1.54) is 51.8 Å². The Hall–Kier alpha value is -2.67. The Morgan fingerprint density at radius 3 is 2.69 bits per heavy atom. The lowest BCUT2D eigenvalue weighted by Crippen LogP contribution is -2.33. The Morgan fingerprint density at radius 1 is 1.03 bits per heavy atom. The number of thiophene rings is 1. The van der Waals surface area contributed by atoms with Gasteiger partial charge in [-0.05, 0) is 76.3 Å². The number of rotatable bonds is 9. The van der Waals surface area contributed by atoms with Crippen LogP contribution in [-0.4, -0.2) is 30.4 Å². The van der Waals surface area contributed by atoms with Crippen molar-refractivity contribution in [3.05, 3.63) is 92.8 Å². The molecule has 0 saturated heterocycles. The molecule has 5 rings (SSSR count). The third kappa shape index (κ3) is 5.61. The SMILES string of the molecule is Nc1cc(C(=O)CN(CCOc2cccc3c4c(sc23)CCCC4)Cc2ccccc2)ccc1Br. The first-order valence-electron chi connectivity index (χ1n) is 12.1. The molecule has 6 heteroatoms. The number of benzene rings is 3. The minimum atomic E-state index is 0.0492. The number of nitrogens with zero attached hydrogens (tertiary/aromatic N) is 1. The van der Waals surface area contributed by atoms with Gasteiger partial charge in [-0.1, -0.05) is 48.5 Å². The third-order valence-corrected chi connectivity index (χ3v) is 8.59. The van der Waals surface area contributed by atoms with Gasteiger partial charge in [0.1, 0.15) is 12.4 Å². The van der Waals surface area contributed by atoms with Crippen molar-refractivity contribution in [2.45, 2.75) is 32.2 Å². The number of carbonyl (C=O) groups is 1. The van der Waals surface area contributed by atoms with E-state index < -0.39 is 0 Å². The number of hydrogen-bond donors (Lipinski definition) is 1. The van der Waals surface area contributed by atoms with Gasteiger partial charge in [-0.25, -0.2) is 0 Å². The average molecular weight is 550 g/mol. The number of halogens is 1. The molecule has 4 nitrogen and oxygen atoms in total. The molecule has 0 atom stereocenters. The third-order valence-electron chi connectivity index (χ3n) is 6.55. The summed E-state index contributed by atoms with van der Waals surface area (Å²) < 4.78 is 8.38. The van der Waals surface area contributed by atoms with Crippen LogP contribution in [0.1, 0.15) is 39.2 Å². The molecule has 2 N–H and O–H groups in total. The second-order valence-electron chi connectivity index (χ2n) is 9.05. The van der Waals surface area contributed by atoms with E-state index in [1.54, 1.807) is 6.07 Å². The van der Waals surface area contributed by atoms with Crippen molar-refractivity contribution in [3.8, 4) is 5.75 Å². The van der Waals surface area contributed by atoms with Crippen LogP contribution in [0.3, 0.4) is 0 Å². The highest BCUT2D eigenvalue weighted by molar-refractivity contribution is 9.10. The topological polar surface area (TPSA) is 55.6 Å². The first kappa shape index (κ1) is 24.0. The quantitative estimate of drug-likeness (QED) is 0.183. The number of carbonyl (C=O) groups excluding carboxylic acids is 1. The van der Waals surface area contributed by atoms with Gasteiger partial charge in [0.05, 0.1) is 11.2 Å². The zero-order valence-electron chi connectivity index (χ0n) is 19.6. The molecule has 0 unspecified atom stereocenters. The van der Waals surface area contributed by atoms with Crippen LogP contribution >= 0.6 is 27.3 Å². The van der Waals surface area contributed by atoms with Gasteiger partial charge in [0.25, 0.3) is 0 Å². The second-order valence-corrected chi connectivity index (χ2v) is 11.0. The van der Waals surface area contributed by atoms with Gasteiger partial charge in [0.2, 0.25) is 0 Å². The molecular weight excluding hydrogens is 520 g/mol. The lowest BCUT2D eigenvalue weighted by atomic mass is 9.96. The van der Waals surface area contributed by atoms with Crippen LogP contribution in [0.5, 0.6) is 5.75 Å². The van der Waals surface area contributed by atoms with Crippen LogP contribution in [0.2, 0.25) is 0 Å². The average Bonchev–Trinajstić information content (AvgIpc) is 3.26. The van der Waals surface area contributed by atoms with Crippen molar-refractivity contribution in [3.63, 3.8) is 0 Å². The summed E-state index contributed by atoms with van der Waals surface area (Å²) in [7, 11) is 0. The minimum Gasteiger partial charge on any atom is -0.491 e. The Bertz CT molecular complexity index is 1340. The van der Waals surface area contributed by atoms with Crippen molar-refractivity contribution in [2.24, 2.45) is 0 Å². The first-order valence-corrected chi connectivity index (χ1v) is 13.7. The number of fused-ring (bicyclic) bond motifs is 3. The van der Waals surface area contributed by atoms with Gasteiger partial charge in [-0.2, -0.15) is 0 Å². The smallest absolute Gasteiger partial charge is 0.176 e. The lowest BCUT2D eigenvalue weighted by Gasteiger charge is -2.22. The monoisotopic (exact) mass is 548 g/mol. The van der Waals surface area contributed by atoms with E-state index in [0.29, 0.717) is 37.5 Å². The molecule has 4 aromatic rings. The second kappa shape index (κ2) is 10.9. The van der Waals surface area contributed by atoms with Crippen molar-refractivity contribution in [2.75, 3.05) is 25.4 Å². The molecule has 180 valence electrons. The van der Waals surface area contributed by atoms with E-state index in [9.17, 15) is 4.79 Å². The standard InChI is InChI=1S/C29H29BrN2O2S/c30-24-14-13-21(17-25(24)31)26(33)19-32(18-20-7-2-1-3-8-20)15-16-34-27-11-6-10-23-22-9-4-5-12-28(22)35-29(23)27/h1-3,6-8,10-11,13-14,17H,4-5,9,12,15-16,18-19,31H2. The molecule has 35 heavy (non-hydrogen) atoms. The van der Waals surface area contributed by atoms with E-state index in [2.05, 4.69) is 51.2 Å². The van der Waals surface area contributed by atoms with Gasteiger partial charge in [0, 0.05) is 33.7 Å². The zero-order chi connectivity index (χ0) is 24.2. The molecule has 1 aliphatic carbocycles. The van der Waals surface area contributed by atoms with Gasteiger partial charge < -0.3 is 10.5 Å². The Balaban J connectivity index is 1.30.